The molecule has 0 saturated heterocycles. The molecule has 1 saturated carbocycles. The summed E-state index contributed by atoms with van der Waals surface area (Å²) in [5.41, 5.74) is 1.48. The molecule has 94 valence electrons. The quantitative estimate of drug-likeness (QED) is 0.855. The minimum atomic E-state index is 0.680. The summed E-state index contributed by atoms with van der Waals surface area (Å²) in [5.74, 6) is 0.733. The van der Waals surface area contributed by atoms with Crippen LogP contribution in [0.2, 0.25) is 0 Å². The average Bonchev–Trinajstić information content (AvgIpc) is 3.06. The van der Waals surface area contributed by atoms with Gasteiger partial charge >= 0.3 is 0 Å². The number of hydrogen-bond acceptors (Lipinski definition) is 2. The average molecular weight is 257 g/mol. The van der Waals surface area contributed by atoms with Gasteiger partial charge in [-0.1, -0.05) is 37.3 Å². The molecule has 2 heteroatoms. The van der Waals surface area contributed by atoms with E-state index in [0.29, 0.717) is 6.04 Å². The maximum Gasteiger partial charge on any atom is 0.0302 e. The summed E-state index contributed by atoms with van der Waals surface area (Å²) in [6.07, 6.45) is 2.44. The van der Waals surface area contributed by atoms with Gasteiger partial charge in [-0.2, -0.15) is 0 Å². The van der Waals surface area contributed by atoms with E-state index in [-0.39, 0.29) is 0 Å². The fourth-order valence-electron chi connectivity index (χ4n) is 2.43. The summed E-state index contributed by atoms with van der Waals surface area (Å²) < 4.78 is 0. The predicted octanol–water partition coefficient (Wildman–Crippen LogP) is 3.96. The van der Waals surface area contributed by atoms with Crippen LogP contribution in [0.4, 0.5) is 0 Å². The Balaban J connectivity index is 1.51. The first kappa shape index (κ1) is 11.9. The molecule has 1 N–H and O–H groups in total. The van der Waals surface area contributed by atoms with Crippen molar-refractivity contribution in [3.05, 3.63) is 57.8 Å². The van der Waals surface area contributed by atoms with Gasteiger partial charge in [0.25, 0.3) is 0 Å². The summed E-state index contributed by atoms with van der Waals surface area (Å²) in [6.45, 7) is 3.24. The van der Waals surface area contributed by atoms with Crippen molar-refractivity contribution in [1.29, 1.82) is 0 Å². The molecule has 2 unspecified atom stereocenters. The van der Waals surface area contributed by atoms with Gasteiger partial charge in [-0.3, -0.25) is 0 Å². The van der Waals surface area contributed by atoms with E-state index in [1.165, 1.54) is 21.7 Å². The second-order valence-corrected chi connectivity index (χ2v) is 6.21. The zero-order valence-corrected chi connectivity index (χ0v) is 11.5. The molecule has 0 amide bonds. The van der Waals surface area contributed by atoms with Crippen molar-refractivity contribution < 1.29 is 0 Å². The van der Waals surface area contributed by atoms with Crippen molar-refractivity contribution in [2.24, 2.45) is 0 Å². The molecule has 0 spiro atoms. The predicted molar refractivity (Wildman–Crippen MR) is 78.1 cm³/mol. The highest BCUT2D eigenvalue weighted by Gasteiger charge is 2.37. The van der Waals surface area contributed by atoms with Crippen LogP contribution < -0.4 is 5.32 Å². The molecule has 1 heterocycles. The van der Waals surface area contributed by atoms with Crippen molar-refractivity contribution >= 4 is 11.3 Å². The van der Waals surface area contributed by atoms with Crippen LogP contribution in [0.3, 0.4) is 0 Å². The number of aryl methyl sites for hydroxylation is 1. The summed E-state index contributed by atoms with van der Waals surface area (Å²) in [6, 6.07) is 16.0. The molecule has 1 nitrogen and oxygen atoms in total. The minimum absolute atomic E-state index is 0.680. The maximum absolute atomic E-state index is 3.67. The van der Waals surface area contributed by atoms with Gasteiger partial charge < -0.3 is 5.32 Å². The van der Waals surface area contributed by atoms with Gasteiger partial charge in [0.1, 0.15) is 0 Å². The molecule has 1 aromatic heterocycles. The second kappa shape index (κ2) is 5.25. The standard InChI is InChI=1S/C16H19NS/c1-2-13-8-9-14(18-13)11-17-16-10-15(16)12-6-4-3-5-7-12/h3-9,15-17H,2,10-11H2,1H3. The van der Waals surface area contributed by atoms with Crippen molar-refractivity contribution in [2.45, 2.75) is 38.3 Å². The zero-order valence-electron chi connectivity index (χ0n) is 10.7. The summed E-state index contributed by atoms with van der Waals surface area (Å²) in [5, 5.41) is 3.67. The Labute approximate surface area is 113 Å². The molecule has 1 aliphatic rings. The number of nitrogens with one attached hydrogen (secondary N) is 1. The van der Waals surface area contributed by atoms with Gasteiger partial charge in [0.2, 0.25) is 0 Å². The Hall–Kier alpha value is -1.12. The lowest BCUT2D eigenvalue weighted by Crippen LogP contribution is -2.16. The smallest absolute Gasteiger partial charge is 0.0302 e. The Morgan fingerprint density at radius 1 is 1.11 bits per heavy atom. The second-order valence-electron chi connectivity index (χ2n) is 4.96. The normalized spacial score (nSPS) is 22.1. The topological polar surface area (TPSA) is 12.0 Å². The van der Waals surface area contributed by atoms with Crippen LogP contribution in [0.15, 0.2) is 42.5 Å². The largest absolute Gasteiger partial charge is 0.308 e. The van der Waals surface area contributed by atoms with Crippen molar-refractivity contribution in [3.63, 3.8) is 0 Å². The fourth-order valence-corrected chi connectivity index (χ4v) is 3.34. The number of thiophene rings is 1. The van der Waals surface area contributed by atoms with Crippen molar-refractivity contribution in [3.8, 4) is 0 Å². The number of hydrogen-bond donors (Lipinski definition) is 1. The van der Waals surface area contributed by atoms with Gasteiger partial charge in [0, 0.05) is 28.3 Å². The minimum Gasteiger partial charge on any atom is -0.308 e. The van der Waals surface area contributed by atoms with Crippen LogP contribution in [-0.4, -0.2) is 6.04 Å². The number of rotatable bonds is 5. The molecule has 0 bridgehead atoms. The van der Waals surface area contributed by atoms with E-state index in [4.69, 9.17) is 0 Å². The Kier molecular flexibility index (Phi) is 3.48. The lowest BCUT2D eigenvalue weighted by atomic mass is 10.1. The highest BCUT2D eigenvalue weighted by atomic mass is 32.1. The van der Waals surface area contributed by atoms with Gasteiger partial charge in [-0.15, -0.1) is 11.3 Å². The van der Waals surface area contributed by atoms with Gasteiger partial charge in [-0.05, 0) is 30.5 Å². The summed E-state index contributed by atoms with van der Waals surface area (Å²) in [4.78, 5) is 2.95. The Morgan fingerprint density at radius 3 is 2.61 bits per heavy atom. The molecular formula is C16H19NS. The summed E-state index contributed by atoms with van der Waals surface area (Å²) in [7, 11) is 0. The Bertz CT molecular complexity index is 503. The third kappa shape index (κ3) is 2.65. The first-order chi connectivity index (χ1) is 8.86. The molecule has 2 atom stereocenters. The Morgan fingerprint density at radius 2 is 1.89 bits per heavy atom. The van der Waals surface area contributed by atoms with E-state index in [1.54, 1.807) is 0 Å². The van der Waals surface area contributed by atoms with Gasteiger partial charge in [-0.25, -0.2) is 0 Å². The molecule has 18 heavy (non-hydrogen) atoms. The molecule has 0 aliphatic heterocycles. The molecule has 1 aromatic carbocycles. The van der Waals surface area contributed by atoms with E-state index in [0.717, 1.165) is 18.9 Å². The lowest BCUT2D eigenvalue weighted by Gasteiger charge is -2.02. The molecular weight excluding hydrogens is 238 g/mol. The van der Waals surface area contributed by atoms with Crippen LogP contribution in [0.25, 0.3) is 0 Å². The third-order valence-electron chi connectivity index (χ3n) is 3.62. The third-order valence-corrected chi connectivity index (χ3v) is 4.85. The van der Waals surface area contributed by atoms with Crippen LogP contribution in [0.5, 0.6) is 0 Å². The van der Waals surface area contributed by atoms with Crippen LogP contribution >= 0.6 is 11.3 Å². The van der Waals surface area contributed by atoms with Crippen molar-refractivity contribution in [2.75, 3.05) is 0 Å². The van der Waals surface area contributed by atoms with Crippen LogP contribution in [-0.2, 0) is 13.0 Å². The van der Waals surface area contributed by atoms with E-state index in [1.807, 2.05) is 11.3 Å². The lowest BCUT2D eigenvalue weighted by molar-refractivity contribution is 0.679. The zero-order chi connectivity index (χ0) is 12.4. The molecule has 1 fully saturated rings. The monoisotopic (exact) mass is 257 g/mol. The summed E-state index contributed by atoms with van der Waals surface area (Å²) >= 11 is 1.94. The highest BCUT2D eigenvalue weighted by molar-refractivity contribution is 7.11. The van der Waals surface area contributed by atoms with E-state index in [2.05, 4.69) is 54.7 Å². The van der Waals surface area contributed by atoms with E-state index >= 15 is 0 Å². The molecule has 0 radical (unpaired) electrons. The first-order valence-electron chi connectivity index (χ1n) is 6.72. The molecule has 1 aliphatic carbocycles. The molecule has 3 rings (SSSR count). The van der Waals surface area contributed by atoms with E-state index in [9.17, 15) is 0 Å². The van der Waals surface area contributed by atoms with E-state index < -0.39 is 0 Å². The molecule has 2 aromatic rings. The van der Waals surface area contributed by atoms with Crippen molar-refractivity contribution in [1.82, 2.24) is 5.32 Å². The first-order valence-corrected chi connectivity index (χ1v) is 7.54. The van der Waals surface area contributed by atoms with Crippen LogP contribution in [0.1, 0.15) is 34.6 Å². The van der Waals surface area contributed by atoms with Gasteiger partial charge in [0.05, 0.1) is 0 Å². The highest BCUT2D eigenvalue weighted by Crippen LogP contribution is 2.40. The van der Waals surface area contributed by atoms with Crippen LogP contribution in [0, 0.1) is 0 Å². The van der Waals surface area contributed by atoms with Gasteiger partial charge in [0.15, 0.2) is 0 Å². The fraction of sp³-hybridized carbons (Fsp3) is 0.375. The maximum atomic E-state index is 3.67. The number of benzene rings is 1. The SMILES string of the molecule is CCc1ccc(CNC2CC2c2ccccc2)s1.